The summed E-state index contributed by atoms with van der Waals surface area (Å²) in [4.78, 5) is 34.8. The number of aryl methyl sites for hydroxylation is 2. The predicted octanol–water partition coefficient (Wildman–Crippen LogP) is 4.18. The SMILES string of the molecule is Cc1cc(C2C3C(=O)N(C4CCCCC4)C(=O)C3ON2Cc2ccccc2)cc(C)c1O. The number of phenols is 1. The molecule has 0 aromatic heterocycles. The van der Waals surface area contributed by atoms with Crippen LogP contribution in [0.25, 0.3) is 0 Å². The molecule has 0 spiro atoms. The van der Waals surface area contributed by atoms with Gasteiger partial charge in [-0.15, -0.1) is 0 Å². The maximum absolute atomic E-state index is 13.7. The number of hydrogen-bond donors (Lipinski definition) is 1. The number of benzene rings is 2. The summed E-state index contributed by atoms with van der Waals surface area (Å²) in [6.45, 7) is 4.19. The number of amides is 2. The van der Waals surface area contributed by atoms with E-state index in [1.807, 2.05) is 56.3 Å². The zero-order valence-corrected chi connectivity index (χ0v) is 18.7. The molecule has 2 aromatic rings. The number of hydrogen-bond acceptors (Lipinski definition) is 5. The predicted molar refractivity (Wildman–Crippen MR) is 119 cm³/mol. The number of fused-ring (bicyclic) bond motifs is 1. The van der Waals surface area contributed by atoms with Gasteiger partial charge < -0.3 is 5.11 Å². The van der Waals surface area contributed by atoms with E-state index in [0.717, 1.165) is 54.4 Å². The van der Waals surface area contributed by atoms with Crippen molar-refractivity contribution in [1.82, 2.24) is 9.96 Å². The van der Waals surface area contributed by atoms with Crippen LogP contribution in [-0.4, -0.2) is 39.0 Å². The van der Waals surface area contributed by atoms with Gasteiger partial charge in [-0.1, -0.05) is 61.7 Å². The lowest BCUT2D eigenvalue weighted by atomic mass is 9.88. The number of nitrogens with zero attached hydrogens (tertiary/aromatic N) is 2. The molecular formula is C26H30N2O4. The molecule has 1 aliphatic carbocycles. The van der Waals surface area contributed by atoms with E-state index in [0.29, 0.717) is 6.54 Å². The van der Waals surface area contributed by atoms with Crippen LogP contribution in [0.4, 0.5) is 0 Å². The Kier molecular flexibility index (Phi) is 5.51. The first-order valence-corrected chi connectivity index (χ1v) is 11.6. The molecule has 3 fully saturated rings. The number of aromatic hydroxyl groups is 1. The molecule has 6 heteroatoms. The van der Waals surface area contributed by atoms with Crippen LogP contribution >= 0.6 is 0 Å². The smallest absolute Gasteiger partial charge is 0.261 e. The van der Waals surface area contributed by atoms with E-state index < -0.39 is 12.0 Å². The summed E-state index contributed by atoms with van der Waals surface area (Å²) < 4.78 is 0. The Balaban J connectivity index is 1.52. The number of phenolic OH excluding ortho intramolecular Hbond substituents is 1. The van der Waals surface area contributed by atoms with E-state index in [-0.39, 0.29) is 29.6 Å². The fourth-order valence-electron chi connectivity index (χ4n) is 5.62. The van der Waals surface area contributed by atoms with Gasteiger partial charge in [0.15, 0.2) is 6.10 Å². The van der Waals surface area contributed by atoms with Crippen LogP contribution in [0.2, 0.25) is 0 Å². The Hall–Kier alpha value is -2.70. The third kappa shape index (κ3) is 3.51. The van der Waals surface area contributed by atoms with Crippen molar-refractivity contribution in [3.8, 4) is 5.75 Å². The minimum Gasteiger partial charge on any atom is -0.507 e. The van der Waals surface area contributed by atoms with Crippen LogP contribution in [-0.2, 0) is 21.0 Å². The third-order valence-corrected chi connectivity index (χ3v) is 7.20. The fraction of sp³-hybridized carbons (Fsp3) is 0.462. The number of hydroxylamine groups is 2. The zero-order chi connectivity index (χ0) is 22.4. The Morgan fingerprint density at radius 1 is 0.969 bits per heavy atom. The molecule has 168 valence electrons. The molecule has 2 aliphatic heterocycles. The standard InChI is InChI=1S/C26H30N2O4/c1-16-13-19(14-17(2)23(16)29)22-21-24(32-27(22)15-18-9-5-3-6-10-18)26(31)28(25(21)30)20-11-7-4-8-12-20/h3,5-6,9-10,13-14,20-22,24,29H,4,7-8,11-12,15H2,1-2H3. The van der Waals surface area contributed by atoms with Gasteiger partial charge in [0.2, 0.25) is 5.91 Å². The van der Waals surface area contributed by atoms with Gasteiger partial charge >= 0.3 is 0 Å². The highest BCUT2D eigenvalue weighted by atomic mass is 16.7. The lowest BCUT2D eigenvalue weighted by molar-refractivity contribution is -0.185. The molecule has 3 aliphatic rings. The molecular weight excluding hydrogens is 404 g/mol. The van der Waals surface area contributed by atoms with Crippen LogP contribution in [0.1, 0.15) is 60.4 Å². The largest absolute Gasteiger partial charge is 0.507 e. The summed E-state index contributed by atoms with van der Waals surface area (Å²) in [6, 6.07) is 13.4. The summed E-state index contributed by atoms with van der Waals surface area (Å²) in [6.07, 6.45) is 4.25. The molecule has 1 N–H and O–H groups in total. The van der Waals surface area contributed by atoms with Crippen LogP contribution in [0.3, 0.4) is 0 Å². The van der Waals surface area contributed by atoms with Crippen molar-refractivity contribution in [2.75, 3.05) is 0 Å². The second-order valence-electron chi connectivity index (χ2n) is 9.40. The molecule has 1 saturated carbocycles. The van der Waals surface area contributed by atoms with Crippen molar-refractivity contribution in [3.05, 3.63) is 64.7 Å². The molecule has 3 unspecified atom stereocenters. The molecule has 6 nitrogen and oxygen atoms in total. The van der Waals surface area contributed by atoms with E-state index in [4.69, 9.17) is 4.84 Å². The highest BCUT2D eigenvalue weighted by Gasteiger charge is 2.60. The van der Waals surface area contributed by atoms with Crippen molar-refractivity contribution >= 4 is 11.8 Å². The first kappa shape index (κ1) is 21.2. The number of likely N-dealkylation sites (tertiary alicyclic amines) is 1. The van der Waals surface area contributed by atoms with Gasteiger partial charge in [0, 0.05) is 12.6 Å². The number of imide groups is 1. The Morgan fingerprint density at radius 3 is 2.28 bits per heavy atom. The van der Waals surface area contributed by atoms with Crippen molar-refractivity contribution in [1.29, 1.82) is 0 Å². The third-order valence-electron chi connectivity index (χ3n) is 7.20. The molecule has 2 heterocycles. The average molecular weight is 435 g/mol. The summed E-state index contributed by atoms with van der Waals surface area (Å²) in [5.41, 5.74) is 3.45. The van der Waals surface area contributed by atoms with E-state index in [1.54, 1.807) is 5.06 Å². The number of carbonyl (C=O) groups excluding carboxylic acids is 2. The molecule has 2 saturated heterocycles. The van der Waals surface area contributed by atoms with Gasteiger partial charge in [-0.3, -0.25) is 19.3 Å². The first-order valence-electron chi connectivity index (χ1n) is 11.6. The summed E-state index contributed by atoms with van der Waals surface area (Å²) >= 11 is 0. The Morgan fingerprint density at radius 2 is 1.62 bits per heavy atom. The summed E-state index contributed by atoms with van der Waals surface area (Å²) in [5.74, 6) is -0.622. The van der Waals surface area contributed by atoms with Crippen LogP contribution < -0.4 is 0 Å². The maximum atomic E-state index is 13.7. The zero-order valence-electron chi connectivity index (χ0n) is 18.7. The number of rotatable bonds is 4. The fourth-order valence-corrected chi connectivity index (χ4v) is 5.62. The molecule has 3 atom stereocenters. The molecule has 0 radical (unpaired) electrons. The monoisotopic (exact) mass is 434 g/mol. The number of carbonyl (C=O) groups is 2. The van der Waals surface area contributed by atoms with Crippen LogP contribution in [0.5, 0.6) is 5.75 Å². The quantitative estimate of drug-likeness (QED) is 0.731. The second kappa shape index (κ2) is 8.34. The van der Waals surface area contributed by atoms with Crippen LogP contribution in [0, 0.1) is 19.8 Å². The van der Waals surface area contributed by atoms with E-state index in [2.05, 4.69) is 0 Å². The van der Waals surface area contributed by atoms with Crippen molar-refractivity contribution in [2.45, 2.75) is 70.7 Å². The molecule has 0 bridgehead atoms. The van der Waals surface area contributed by atoms with E-state index in [1.165, 1.54) is 4.90 Å². The van der Waals surface area contributed by atoms with Gasteiger partial charge in [-0.2, -0.15) is 5.06 Å². The van der Waals surface area contributed by atoms with Gasteiger partial charge in [0.1, 0.15) is 5.75 Å². The van der Waals surface area contributed by atoms with E-state index in [9.17, 15) is 14.7 Å². The first-order chi connectivity index (χ1) is 15.5. The summed E-state index contributed by atoms with van der Waals surface area (Å²) in [7, 11) is 0. The normalized spacial score (nSPS) is 26.7. The minimum absolute atomic E-state index is 0.00976. The molecule has 2 amide bonds. The van der Waals surface area contributed by atoms with Gasteiger partial charge in [0.05, 0.1) is 12.0 Å². The van der Waals surface area contributed by atoms with Gasteiger partial charge in [-0.05, 0) is 48.9 Å². The van der Waals surface area contributed by atoms with E-state index >= 15 is 0 Å². The highest BCUT2D eigenvalue weighted by Crippen LogP contribution is 2.47. The lowest BCUT2D eigenvalue weighted by Crippen LogP contribution is -2.44. The summed E-state index contributed by atoms with van der Waals surface area (Å²) in [5, 5.41) is 12.1. The Labute approximate surface area is 188 Å². The second-order valence-corrected chi connectivity index (χ2v) is 9.40. The maximum Gasteiger partial charge on any atom is 0.261 e. The topological polar surface area (TPSA) is 70.1 Å². The average Bonchev–Trinajstić information content (AvgIpc) is 3.28. The van der Waals surface area contributed by atoms with Crippen LogP contribution in [0.15, 0.2) is 42.5 Å². The van der Waals surface area contributed by atoms with Gasteiger partial charge in [-0.25, -0.2) is 0 Å². The molecule has 5 rings (SSSR count). The minimum atomic E-state index is -0.785. The van der Waals surface area contributed by atoms with Crippen molar-refractivity contribution in [3.63, 3.8) is 0 Å². The van der Waals surface area contributed by atoms with Gasteiger partial charge in [0.25, 0.3) is 5.91 Å². The van der Waals surface area contributed by atoms with Crippen molar-refractivity contribution < 1.29 is 19.5 Å². The molecule has 2 aromatic carbocycles. The lowest BCUT2D eigenvalue weighted by Gasteiger charge is -2.32. The highest BCUT2D eigenvalue weighted by molar-refractivity contribution is 6.07. The molecule has 32 heavy (non-hydrogen) atoms. The Bertz CT molecular complexity index is 1010. The van der Waals surface area contributed by atoms with Crippen molar-refractivity contribution in [2.24, 2.45) is 5.92 Å².